The molecule has 0 saturated heterocycles. The molecule has 2 aromatic rings. The van der Waals surface area contributed by atoms with Crippen LogP contribution in [0.4, 0.5) is 0 Å². The third-order valence-corrected chi connectivity index (χ3v) is 4.55. The molecule has 0 aliphatic heterocycles. The van der Waals surface area contributed by atoms with Gasteiger partial charge in [0.15, 0.2) is 17.5 Å². The lowest BCUT2D eigenvalue weighted by Gasteiger charge is -2.12. The minimum absolute atomic E-state index is 0. The first-order valence-electron chi connectivity index (χ1n) is 9.05. The Kier molecular flexibility index (Phi) is 8.22. The minimum atomic E-state index is 0. The maximum Gasteiger partial charge on any atom is 0.191 e. The van der Waals surface area contributed by atoms with Crippen LogP contribution in [0.2, 0.25) is 0 Å². The van der Waals surface area contributed by atoms with Gasteiger partial charge in [-0.15, -0.1) is 24.0 Å². The van der Waals surface area contributed by atoms with Crippen LogP contribution < -0.4 is 20.1 Å². The molecule has 2 aromatic carbocycles. The lowest BCUT2D eigenvalue weighted by atomic mass is 10.1. The van der Waals surface area contributed by atoms with Gasteiger partial charge in [-0.25, -0.2) is 4.99 Å². The molecule has 0 heterocycles. The third-order valence-electron chi connectivity index (χ3n) is 4.55. The molecule has 0 aromatic heterocycles. The van der Waals surface area contributed by atoms with Crippen LogP contribution in [0, 0.1) is 0 Å². The lowest BCUT2D eigenvalue weighted by molar-refractivity contribution is 0.354. The molecule has 1 fully saturated rings. The van der Waals surface area contributed by atoms with Crippen LogP contribution in [0.5, 0.6) is 11.5 Å². The van der Waals surface area contributed by atoms with Crippen molar-refractivity contribution in [2.75, 3.05) is 20.8 Å². The Morgan fingerprint density at radius 2 is 1.81 bits per heavy atom. The summed E-state index contributed by atoms with van der Waals surface area (Å²) in [7, 11) is 3.29. The number of nitrogens with one attached hydrogen (secondary N) is 2. The van der Waals surface area contributed by atoms with E-state index < -0.39 is 0 Å². The number of nitrogens with zero attached hydrogens (tertiary/aromatic N) is 1. The minimum Gasteiger partial charge on any atom is -0.493 e. The summed E-state index contributed by atoms with van der Waals surface area (Å²) in [6.07, 6.45) is 1.14. The van der Waals surface area contributed by atoms with E-state index in [4.69, 9.17) is 14.5 Å². The molecule has 2 unspecified atom stereocenters. The zero-order valence-electron chi connectivity index (χ0n) is 16.1. The van der Waals surface area contributed by atoms with E-state index in [9.17, 15) is 0 Å². The molecule has 6 heteroatoms. The van der Waals surface area contributed by atoms with Gasteiger partial charge >= 0.3 is 0 Å². The molecule has 5 nitrogen and oxygen atoms in total. The van der Waals surface area contributed by atoms with Gasteiger partial charge in [0.05, 0.1) is 20.8 Å². The number of hydrogen-bond acceptors (Lipinski definition) is 3. The summed E-state index contributed by atoms with van der Waals surface area (Å²) in [6, 6.07) is 17.0. The number of rotatable bonds is 7. The van der Waals surface area contributed by atoms with E-state index >= 15 is 0 Å². The monoisotopic (exact) mass is 481 g/mol. The highest BCUT2D eigenvalue weighted by molar-refractivity contribution is 14.0. The van der Waals surface area contributed by atoms with Crippen molar-refractivity contribution < 1.29 is 9.47 Å². The number of methoxy groups -OCH3 is 2. The molecule has 146 valence electrons. The van der Waals surface area contributed by atoms with Gasteiger partial charge in [-0.1, -0.05) is 36.4 Å². The van der Waals surface area contributed by atoms with Crippen molar-refractivity contribution in [1.82, 2.24) is 10.6 Å². The highest BCUT2D eigenvalue weighted by Gasteiger charge is 2.38. The van der Waals surface area contributed by atoms with E-state index in [1.807, 2.05) is 18.2 Å². The van der Waals surface area contributed by atoms with Crippen molar-refractivity contribution >= 4 is 29.9 Å². The zero-order chi connectivity index (χ0) is 18.4. The second kappa shape index (κ2) is 10.4. The second-order valence-electron chi connectivity index (χ2n) is 6.39. The van der Waals surface area contributed by atoms with E-state index in [2.05, 4.69) is 47.9 Å². The Morgan fingerprint density at radius 1 is 1.07 bits per heavy atom. The number of benzene rings is 2. The highest BCUT2D eigenvalue weighted by atomic mass is 127. The molecule has 2 atom stereocenters. The molecule has 0 amide bonds. The summed E-state index contributed by atoms with van der Waals surface area (Å²) in [5.74, 6) is 2.88. The summed E-state index contributed by atoms with van der Waals surface area (Å²) in [5.41, 5.74) is 2.47. The van der Waals surface area contributed by atoms with E-state index in [1.54, 1.807) is 14.2 Å². The van der Waals surface area contributed by atoms with Gasteiger partial charge in [0, 0.05) is 18.5 Å². The van der Waals surface area contributed by atoms with E-state index in [-0.39, 0.29) is 24.0 Å². The van der Waals surface area contributed by atoms with Crippen LogP contribution in [0.25, 0.3) is 0 Å². The Morgan fingerprint density at radius 3 is 2.48 bits per heavy atom. The number of guanidine groups is 1. The van der Waals surface area contributed by atoms with Gasteiger partial charge in [-0.05, 0) is 36.6 Å². The normalized spacial score (nSPS) is 18.3. The van der Waals surface area contributed by atoms with Gasteiger partial charge in [0.25, 0.3) is 0 Å². The van der Waals surface area contributed by atoms with Crippen molar-refractivity contribution in [2.45, 2.75) is 31.8 Å². The van der Waals surface area contributed by atoms with Crippen molar-refractivity contribution in [3.05, 3.63) is 59.7 Å². The van der Waals surface area contributed by atoms with Gasteiger partial charge in [0.2, 0.25) is 0 Å². The predicted octanol–water partition coefficient (Wildman–Crippen LogP) is 3.93. The fraction of sp³-hybridized carbons (Fsp3) is 0.381. The van der Waals surface area contributed by atoms with Crippen LogP contribution in [0.15, 0.2) is 53.5 Å². The second-order valence-corrected chi connectivity index (χ2v) is 6.39. The van der Waals surface area contributed by atoms with Crippen LogP contribution in [-0.4, -0.2) is 32.8 Å². The predicted molar refractivity (Wildman–Crippen MR) is 121 cm³/mol. The summed E-state index contributed by atoms with van der Waals surface area (Å²) in [6.45, 7) is 3.49. The number of aliphatic imine (C=N–C) groups is 1. The Balaban J connectivity index is 0.00000261. The number of ether oxygens (including phenoxy) is 2. The summed E-state index contributed by atoms with van der Waals surface area (Å²) < 4.78 is 10.6. The molecule has 0 bridgehead atoms. The van der Waals surface area contributed by atoms with Gasteiger partial charge in [-0.2, -0.15) is 0 Å². The topological polar surface area (TPSA) is 54.9 Å². The summed E-state index contributed by atoms with van der Waals surface area (Å²) in [5, 5.41) is 6.88. The van der Waals surface area contributed by atoms with E-state index in [1.165, 1.54) is 5.56 Å². The maximum absolute atomic E-state index is 5.36. The third kappa shape index (κ3) is 5.76. The Labute approximate surface area is 178 Å². The van der Waals surface area contributed by atoms with Gasteiger partial charge in [0.1, 0.15) is 0 Å². The molecule has 0 spiro atoms. The molecular formula is C21H28IN3O2. The average Bonchev–Trinajstić information content (AvgIpc) is 3.46. The lowest BCUT2D eigenvalue weighted by Crippen LogP contribution is -2.39. The molecular weight excluding hydrogens is 453 g/mol. The first-order valence-corrected chi connectivity index (χ1v) is 9.05. The largest absolute Gasteiger partial charge is 0.493 e. The van der Waals surface area contributed by atoms with Crippen molar-refractivity contribution in [2.24, 2.45) is 4.99 Å². The fourth-order valence-electron chi connectivity index (χ4n) is 3.07. The average molecular weight is 481 g/mol. The van der Waals surface area contributed by atoms with Crippen LogP contribution in [0.1, 0.15) is 30.4 Å². The first-order chi connectivity index (χ1) is 12.7. The molecule has 3 rings (SSSR count). The smallest absolute Gasteiger partial charge is 0.191 e. The zero-order valence-corrected chi connectivity index (χ0v) is 18.4. The maximum atomic E-state index is 5.36. The molecule has 1 aliphatic carbocycles. The molecule has 0 radical (unpaired) electrons. The van der Waals surface area contributed by atoms with Crippen LogP contribution in [0.3, 0.4) is 0 Å². The quantitative estimate of drug-likeness (QED) is 0.358. The van der Waals surface area contributed by atoms with Crippen LogP contribution >= 0.6 is 24.0 Å². The molecule has 27 heavy (non-hydrogen) atoms. The number of hydrogen-bond donors (Lipinski definition) is 2. The Bertz CT molecular complexity index is 752. The Hall–Kier alpha value is -1.96. The highest BCUT2D eigenvalue weighted by Crippen LogP contribution is 2.40. The first kappa shape index (κ1) is 21.3. The van der Waals surface area contributed by atoms with Crippen molar-refractivity contribution in [1.29, 1.82) is 0 Å². The molecule has 1 saturated carbocycles. The van der Waals surface area contributed by atoms with Crippen LogP contribution in [-0.2, 0) is 6.54 Å². The van der Waals surface area contributed by atoms with Gasteiger partial charge in [-0.3, -0.25) is 0 Å². The van der Waals surface area contributed by atoms with Crippen molar-refractivity contribution in [3.63, 3.8) is 0 Å². The van der Waals surface area contributed by atoms with Gasteiger partial charge < -0.3 is 20.1 Å². The molecule has 2 N–H and O–H groups in total. The number of halogens is 1. The summed E-state index contributed by atoms with van der Waals surface area (Å²) >= 11 is 0. The van der Waals surface area contributed by atoms with E-state index in [0.29, 0.717) is 18.5 Å². The van der Waals surface area contributed by atoms with Crippen molar-refractivity contribution in [3.8, 4) is 11.5 Å². The molecule has 1 aliphatic rings. The summed E-state index contributed by atoms with van der Waals surface area (Å²) in [4.78, 5) is 4.72. The fourth-order valence-corrected chi connectivity index (χ4v) is 3.07. The standard InChI is InChI=1S/C21H27N3O2.HI/c1-4-22-21(24-18-13-17(18)16-8-6-5-7-9-16)23-14-15-10-11-19(25-2)20(12-15)26-3;/h5-12,17-18H,4,13-14H2,1-3H3,(H2,22,23,24);1H. The SMILES string of the molecule is CCNC(=NCc1ccc(OC)c(OC)c1)NC1CC1c1ccccc1.I. The van der Waals surface area contributed by atoms with E-state index in [0.717, 1.165) is 36.0 Å².